The smallest absolute Gasteiger partial charge is 0.329 e. The van der Waals surface area contributed by atoms with Crippen LogP contribution < -0.4 is 5.32 Å². The van der Waals surface area contributed by atoms with E-state index < -0.39 is 12.0 Å². The van der Waals surface area contributed by atoms with Crippen molar-refractivity contribution in [2.75, 3.05) is 18.6 Å². The van der Waals surface area contributed by atoms with Gasteiger partial charge in [-0.3, -0.25) is 9.59 Å². The molecule has 1 heterocycles. The van der Waals surface area contributed by atoms with Gasteiger partial charge in [0.25, 0.3) is 5.91 Å². The minimum Gasteiger partial charge on any atom is -0.456 e. The number of rotatable bonds is 9. The zero-order valence-electron chi connectivity index (χ0n) is 17.5. The molecule has 162 valence electrons. The average molecular weight is 468 g/mol. The minimum absolute atomic E-state index is 0.0149. The maximum absolute atomic E-state index is 12.6. The molecule has 0 saturated heterocycles. The van der Waals surface area contributed by atoms with Gasteiger partial charge in [0.1, 0.15) is 6.04 Å². The first-order valence-electron chi connectivity index (χ1n) is 9.47. The lowest BCUT2D eigenvalue weighted by Crippen LogP contribution is -2.42. The van der Waals surface area contributed by atoms with E-state index in [1.165, 1.54) is 0 Å². The van der Waals surface area contributed by atoms with Crippen LogP contribution in [-0.4, -0.2) is 42.3 Å². The Morgan fingerprint density at radius 1 is 1.13 bits per heavy atom. The van der Waals surface area contributed by atoms with Crippen molar-refractivity contribution in [3.8, 4) is 0 Å². The Hall–Kier alpha value is -1.83. The second-order valence-electron chi connectivity index (χ2n) is 7.77. The van der Waals surface area contributed by atoms with Crippen LogP contribution in [-0.2, 0) is 14.9 Å². The third kappa shape index (κ3) is 7.15. The molecule has 0 aliphatic rings. The fraction of sp³-hybridized carbons (Fsp3) is 0.409. The number of ether oxygens (including phenoxy) is 1. The molecule has 0 aliphatic carbocycles. The van der Waals surface area contributed by atoms with Crippen molar-refractivity contribution in [2.45, 2.75) is 38.6 Å². The molecule has 1 atom stereocenters. The number of Topliss-reactive ketones (excluding diaryl/α,β-unsaturated/α-hetero) is 1. The molecule has 1 aromatic heterocycles. The minimum atomic E-state index is -0.827. The second-order valence-corrected chi connectivity index (χ2v) is 10.5. The number of hydrogen-bond donors (Lipinski definition) is 1. The standard InChI is InChI=1S/C22H26ClNO4S2/c1-22(2,3)15-7-5-14(6-8-15)20(26)24-16(11-12-29-4)21(27)28-13-17(25)18-9-10-19(23)30-18/h5-10,16H,11-13H2,1-4H3,(H,24,26)/t16-/m1/s1. The predicted octanol–water partition coefficient (Wildman–Crippen LogP) is 4.98. The molecule has 1 N–H and O–H groups in total. The Balaban J connectivity index is 2.00. The van der Waals surface area contributed by atoms with Crippen molar-refractivity contribution in [3.05, 3.63) is 56.7 Å². The Morgan fingerprint density at radius 3 is 2.33 bits per heavy atom. The molecule has 0 fully saturated rings. The van der Waals surface area contributed by atoms with Crippen LogP contribution >= 0.6 is 34.7 Å². The van der Waals surface area contributed by atoms with Gasteiger partial charge in [0.05, 0.1) is 9.21 Å². The Bertz CT molecular complexity index is 887. The normalized spacial score (nSPS) is 12.3. The van der Waals surface area contributed by atoms with Gasteiger partial charge in [-0.05, 0) is 53.7 Å². The molecule has 5 nitrogen and oxygen atoms in total. The quantitative estimate of drug-likeness (QED) is 0.416. The Labute approximate surface area is 190 Å². The van der Waals surface area contributed by atoms with Crippen molar-refractivity contribution in [2.24, 2.45) is 0 Å². The molecule has 0 aliphatic heterocycles. The summed E-state index contributed by atoms with van der Waals surface area (Å²) in [5.74, 6) is -0.639. The summed E-state index contributed by atoms with van der Waals surface area (Å²) in [7, 11) is 0. The van der Waals surface area contributed by atoms with E-state index in [-0.39, 0.29) is 23.7 Å². The fourth-order valence-corrected chi connectivity index (χ4v) is 4.06. The Kier molecular flexibility index (Phi) is 8.94. The van der Waals surface area contributed by atoms with E-state index in [9.17, 15) is 14.4 Å². The van der Waals surface area contributed by atoms with Crippen LogP contribution in [0.2, 0.25) is 4.34 Å². The maximum Gasteiger partial charge on any atom is 0.329 e. The summed E-state index contributed by atoms with van der Waals surface area (Å²) in [6.07, 6.45) is 2.32. The fourth-order valence-electron chi connectivity index (χ4n) is 2.62. The molecule has 30 heavy (non-hydrogen) atoms. The summed E-state index contributed by atoms with van der Waals surface area (Å²) in [4.78, 5) is 37.7. The number of carbonyl (C=O) groups excluding carboxylic acids is 3. The number of thioether (sulfide) groups is 1. The maximum atomic E-state index is 12.6. The number of ketones is 1. The second kappa shape index (κ2) is 11.0. The van der Waals surface area contributed by atoms with Gasteiger partial charge >= 0.3 is 5.97 Å². The van der Waals surface area contributed by atoms with Gasteiger partial charge in [0.2, 0.25) is 5.78 Å². The molecule has 0 bridgehead atoms. The van der Waals surface area contributed by atoms with Crippen LogP contribution in [0, 0.1) is 0 Å². The Morgan fingerprint density at radius 2 is 1.80 bits per heavy atom. The number of thiophene rings is 1. The third-order valence-electron chi connectivity index (χ3n) is 4.41. The number of nitrogens with one attached hydrogen (secondary N) is 1. The van der Waals surface area contributed by atoms with Crippen LogP contribution in [0.25, 0.3) is 0 Å². The molecular weight excluding hydrogens is 442 g/mol. The van der Waals surface area contributed by atoms with Crippen molar-refractivity contribution in [1.29, 1.82) is 0 Å². The van der Waals surface area contributed by atoms with E-state index in [1.54, 1.807) is 36.0 Å². The number of esters is 1. The van der Waals surface area contributed by atoms with Crippen molar-refractivity contribution < 1.29 is 19.1 Å². The monoisotopic (exact) mass is 467 g/mol. The first kappa shape index (κ1) is 24.4. The summed E-state index contributed by atoms with van der Waals surface area (Å²) in [5.41, 5.74) is 1.57. The van der Waals surface area contributed by atoms with Crippen LogP contribution in [0.3, 0.4) is 0 Å². The summed E-state index contributed by atoms with van der Waals surface area (Å²) in [5, 5.41) is 2.74. The lowest BCUT2D eigenvalue weighted by atomic mass is 9.86. The van der Waals surface area contributed by atoms with Crippen LogP contribution in [0.1, 0.15) is 52.8 Å². The van der Waals surface area contributed by atoms with E-state index in [4.69, 9.17) is 16.3 Å². The molecule has 8 heteroatoms. The molecule has 2 aromatic rings. The highest BCUT2D eigenvalue weighted by atomic mass is 35.5. The van der Waals surface area contributed by atoms with Crippen molar-refractivity contribution >= 4 is 52.4 Å². The lowest BCUT2D eigenvalue weighted by molar-refractivity contribution is -0.144. The molecule has 0 saturated carbocycles. The van der Waals surface area contributed by atoms with Crippen molar-refractivity contribution in [1.82, 2.24) is 5.32 Å². The zero-order valence-corrected chi connectivity index (χ0v) is 19.9. The van der Waals surface area contributed by atoms with E-state index in [0.717, 1.165) is 16.9 Å². The lowest BCUT2D eigenvalue weighted by Gasteiger charge is -2.20. The summed E-state index contributed by atoms with van der Waals surface area (Å²) >= 11 is 8.53. The van der Waals surface area contributed by atoms with Gasteiger partial charge in [0, 0.05) is 5.56 Å². The molecule has 2 rings (SSSR count). The van der Waals surface area contributed by atoms with Gasteiger partial charge in [-0.25, -0.2) is 4.79 Å². The number of halogens is 1. The zero-order chi connectivity index (χ0) is 22.3. The highest BCUT2D eigenvalue weighted by Gasteiger charge is 2.24. The number of benzene rings is 1. The number of carbonyl (C=O) groups is 3. The summed E-state index contributed by atoms with van der Waals surface area (Å²) < 4.78 is 5.67. The first-order valence-corrected chi connectivity index (χ1v) is 12.1. The molecule has 1 aromatic carbocycles. The van der Waals surface area contributed by atoms with Crippen LogP contribution in [0.5, 0.6) is 0 Å². The van der Waals surface area contributed by atoms with Gasteiger partial charge in [-0.1, -0.05) is 44.5 Å². The van der Waals surface area contributed by atoms with Crippen LogP contribution in [0.4, 0.5) is 0 Å². The third-order valence-corrected chi connectivity index (χ3v) is 6.32. The predicted molar refractivity (Wildman–Crippen MR) is 124 cm³/mol. The van der Waals surface area contributed by atoms with E-state index >= 15 is 0 Å². The van der Waals surface area contributed by atoms with E-state index in [1.807, 2.05) is 18.4 Å². The average Bonchev–Trinajstić information content (AvgIpc) is 3.14. The molecule has 0 radical (unpaired) electrons. The highest BCUT2D eigenvalue weighted by molar-refractivity contribution is 7.98. The highest BCUT2D eigenvalue weighted by Crippen LogP contribution is 2.23. The van der Waals surface area contributed by atoms with Crippen LogP contribution in [0.15, 0.2) is 36.4 Å². The van der Waals surface area contributed by atoms with E-state index in [2.05, 4.69) is 26.1 Å². The summed E-state index contributed by atoms with van der Waals surface area (Å²) in [6, 6.07) is 9.70. The summed E-state index contributed by atoms with van der Waals surface area (Å²) in [6.45, 7) is 5.91. The number of hydrogen-bond acceptors (Lipinski definition) is 6. The SMILES string of the molecule is CSCC[C@@H](NC(=O)c1ccc(C(C)(C)C)cc1)C(=O)OCC(=O)c1ccc(Cl)s1. The molecular formula is C22H26ClNO4S2. The van der Waals surface area contributed by atoms with Gasteiger partial charge in [-0.2, -0.15) is 11.8 Å². The van der Waals surface area contributed by atoms with Crippen molar-refractivity contribution in [3.63, 3.8) is 0 Å². The molecule has 0 spiro atoms. The van der Waals surface area contributed by atoms with Gasteiger partial charge < -0.3 is 10.1 Å². The van der Waals surface area contributed by atoms with Gasteiger partial charge in [-0.15, -0.1) is 11.3 Å². The number of amides is 1. The first-order chi connectivity index (χ1) is 14.1. The molecule has 1 amide bonds. The van der Waals surface area contributed by atoms with E-state index in [0.29, 0.717) is 27.0 Å². The topological polar surface area (TPSA) is 72.5 Å². The van der Waals surface area contributed by atoms with Gasteiger partial charge in [0.15, 0.2) is 6.61 Å². The molecule has 0 unspecified atom stereocenters. The largest absolute Gasteiger partial charge is 0.456 e.